The second-order valence-corrected chi connectivity index (χ2v) is 6.62. The van der Waals surface area contributed by atoms with E-state index in [1.807, 2.05) is 11.3 Å². The molecule has 1 rings (SSSR count). The molecule has 3 heteroatoms. The van der Waals surface area contributed by atoms with Crippen LogP contribution in [0.1, 0.15) is 32.1 Å². The van der Waals surface area contributed by atoms with Crippen molar-refractivity contribution in [3.63, 3.8) is 0 Å². The van der Waals surface area contributed by atoms with Crippen LogP contribution in [0.4, 0.5) is 0 Å². The van der Waals surface area contributed by atoms with Gasteiger partial charge in [0.05, 0.1) is 0 Å². The summed E-state index contributed by atoms with van der Waals surface area (Å²) >= 11 is 1.84. The number of hydrogen-bond acceptors (Lipinski definition) is 3. The van der Waals surface area contributed by atoms with E-state index in [9.17, 15) is 0 Å². The quantitative estimate of drug-likeness (QED) is 0.717. The van der Waals surface area contributed by atoms with Gasteiger partial charge >= 0.3 is 0 Å². The summed E-state index contributed by atoms with van der Waals surface area (Å²) in [6, 6.07) is 4.34. The largest absolute Gasteiger partial charge is 0.316 e. The number of rotatable bonds is 8. The van der Waals surface area contributed by atoms with Gasteiger partial charge in [-0.3, -0.25) is 0 Å². The standard InChI is InChI=1S/C14H26N2S/c1-5-8-15-11-14(2,3)12-16(4)10-13-7-6-9-17-13/h6-7,9,15H,5,8,10-12H2,1-4H3. The lowest BCUT2D eigenvalue weighted by molar-refractivity contribution is 0.200. The fourth-order valence-electron chi connectivity index (χ4n) is 2.11. The molecule has 0 aliphatic carbocycles. The van der Waals surface area contributed by atoms with Crippen molar-refractivity contribution in [1.29, 1.82) is 0 Å². The molecule has 0 aliphatic rings. The molecule has 0 bridgehead atoms. The molecule has 1 aromatic rings. The molecule has 0 amide bonds. The van der Waals surface area contributed by atoms with E-state index < -0.39 is 0 Å². The zero-order chi connectivity index (χ0) is 12.7. The fourth-order valence-corrected chi connectivity index (χ4v) is 2.90. The molecular weight excluding hydrogens is 228 g/mol. The minimum Gasteiger partial charge on any atom is -0.316 e. The summed E-state index contributed by atoms with van der Waals surface area (Å²) in [7, 11) is 2.21. The van der Waals surface area contributed by atoms with E-state index in [-0.39, 0.29) is 0 Å². The van der Waals surface area contributed by atoms with Gasteiger partial charge in [-0.15, -0.1) is 11.3 Å². The first-order valence-electron chi connectivity index (χ1n) is 6.45. The lowest BCUT2D eigenvalue weighted by Crippen LogP contribution is -2.38. The minimum atomic E-state index is 0.335. The van der Waals surface area contributed by atoms with Gasteiger partial charge in [0.1, 0.15) is 0 Å². The average Bonchev–Trinajstić information content (AvgIpc) is 2.69. The summed E-state index contributed by atoms with van der Waals surface area (Å²) in [5.41, 5.74) is 0.335. The van der Waals surface area contributed by atoms with Crippen molar-refractivity contribution in [2.75, 3.05) is 26.7 Å². The van der Waals surface area contributed by atoms with Crippen molar-refractivity contribution >= 4 is 11.3 Å². The molecule has 0 spiro atoms. The lowest BCUT2D eigenvalue weighted by atomic mass is 9.92. The van der Waals surface area contributed by atoms with Gasteiger partial charge in [-0.25, -0.2) is 0 Å². The Morgan fingerprint density at radius 2 is 2.18 bits per heavy atom. The normalized spacial score (nSPS) is 12.3. The maximum atomic E-state index is 3.52. The third-order valence-corrected chi connectivity index (χ3v) is 3.60. The number of thiophene rings is 1. The first-order valence-corrected chi connectivity index (χ1v) is 7.33. The third kappa shape index (κ3) is 6.20. The summed E-state index contributed by atoms with van der Waals surface area (Å²) in [5, 5.41) is 5.67. The van der Waals surface area contributed by atoms with Gasteiger partial charge in [0.25, 0.3) is 0 Å². The molecule has 0 atom stereocenters. The molecule has 0 saturated heterocycles. The van der Waals surface area contributed by atoms with Crippen molar-refractivity contribution in [3.05, 3.63) is 22.4 Å². The Bertz CT molecular complexity index is 293. The van der Waals surface area contributed by atoms with Crippen LogP contribution in [0.5, 0.6) is 0 Å². The molecular formula is C14H26N2S. The molecule has 1 heterocycles. The Labute approximate surface area is 110 Å². The molecule has 17 heavy (non-hydrogen) atoms. The van der Waals surface area contributed by atoms with Crippen LogP contribution >= 0.6 is 11.3 Å². The zero-order valence-electron chi connectivity index (χ0n) is 11.6. The highest BCUT2D eigenvalue weighted by Crippen LogP contribution is 2.18. The van der Waals surface area contributed by atoms with Crippen LogP contribution in [0.15, 0.2) is 17.5 Å². The molecule has 1 aromatic heterocycles. The average molecular weight is 254 g/mol. The fraction of sp³-hybridized carbons (Fsp3) is 0.714. The smallest absolute Gasteiger partial charge is 0.0325 e. The van der Waals surface area contributed by atoms with Gasteiger partial charge < -0.3 is 10.2 Å². The number of nitrogens with zero attached hydrogens (tertiary/aromatic N) is 1. The SMILES string of the molecule is CCCNCC(C)(C)CN(C)Cc1cccs1. The molecule has 0 saturated carbocycles. The Hall–Kier alpha value is -0.380. The topological polar surface area (TPSA) is 15.3 Å². The predicted molar refractivity (Wildman–Crippen MR) is 77.6 cm³/mol. The Kier molecular flexibility index (Phi) is 6.17. The summed E-state index contributed by atoms with van der Waals surface area (Å²) in [6.07, 6.45) is 1.21. The summed E-state index contributed by atoms with van der Waals surface area (Å²) < 4.78 is 0. The van der Waals surface area contributed by atoms with E-state index >= 15 is 0 Å². The van der Waals surface area contributed by atoms with Gasteiger partial charge in [-0.05, 0) is 36.9 Å². The van der Waals surface area contributed by atoms with Gasteiger partial charge in [-0.1, -0.05) is 26.8 Å². The van der Waals surface area contributed by atoms with E-state index in [1.165, 1.54) is 11.3 Å². The van der Waals surface area contributed by atoms with Crippen molar-refractivity contribution < 1.29 is 0 Å². The minimum absolute atomic E-state index is 0.335. The monoisotopic (exact) mass is 254 g/mol. The van der Waals surface area contributed by atoms with Gasteiger partial charge in [0.2, 0.25) is 0 Å². The van der Waals surface area contributed by atoms with Crippen molar-refractivity contribution in [3.8, 4) is 0 Å². The zero-order valence-corrected chi connectivity index (χ0v) is 12.4. The Balaban J connectivity index is 2.30. The molecule has 0 radical (unpaired) electrons. The van der Waals surface area contributed by atoms with Crippen LogP contribution in [0.25, 0.3) is 0 Å². The Morgan fingerprint density at radius 1 is 1.41 bits per heavy atom. The predicted octanol–water partition coefficient (Wildman–Crippen LogP) is 3.21. The van der Waals surface area contributed by atoms with Gasteiger partial charge in [0.15, 0.2) is 0 Å². The van der Waals surface area contributed by atoms with Crippen LogP contribution in [0, 0.1) is 5.41 Å². The van der Waals surface area contributed by atoms with Crippen molar-refractivity contribution in [2.24, 2.45) is 5.41 Å². The highest BCUT2D eigenvalue weighted by atomic mass is 32.1. The van der Waals surface area contributed by atoms with Crippen LogP contribution in [0.3, 0.4) is 0 Å². The van der Waals surface area contributed by atoms with Crippen molar-refractivity contribution in [2.45, 2.75) is 33.7 Å². The highest BCUT2D eigenvalue weighted by molar-refractivity contribution is 7.09. The molecule has 0 aliphatic heterocycles. The van der Waals surface area contributed by atoms with Gasteiger partial charge in [0, 0.05) is 24.5 Å². The first-order chi connectivity index (χ1) is 8.03. The maximum Gasteiger partial charge on any atom is 0.0325 e. The van der Waals surface area contributed by atoms with Gasteiger partial charge in [-0.2, -0.15) is 0 Å². The summed E-state index contributed by atoms with van der Waals surface area (Å²) in [6.45, 7) is 11.3. The molecule has 98 valence electrons. The molecule has 2 nitrogen and oxygen atoms in total. The van der Waals surface area contributed by atoms with E-state index in [0.717, 1.165) is 26.2 Å². The molecule has 0 aromatic carbocycles. The maximum absolute atomic E-state index is 3.52. The van der Waals surface area contributed by atoms with Crippen LogP contribution in [0.2, 0.25) is 0 Å². The van der Waals surface area contributed by atoms with E-state index in [2.05, 4.69) is 55.5 Å². The molecule has 1 N–H and O–H groups in total. The van der Waals surface area contributed by atoms with Crippen LogP contribution < -0.4 is 5.32 Å². The second-order valence-electron chi connectivity index (χ2n) is 5.59. The lowest BCUT2D eigenvalue weighted by Gasteiger charge is -2.30. The first kappa shape index (κ1) is 14.7. The summed E-state index contributed by atoms with van der Waals surface area (Å²) in [4.78, 5) is 3.87. The highest BCUT2D eigenvalue weighted by Gasteiger charge is 2.19. The van der Waals surface area contributed by atoms with E-state index in [1.54, 1.807) is 0 Å². The number of nitrogens with one attached hydrogen (secondary N) is 1. The summed E-state index contributed by atoms with van der Waals surface area (Å²) in [5.74, 6) is 0. The van der Waals surface area contributed by atoms with Crippen LogP contribution in [-0.4, -0.2) is 31.6 Å². The number of hydrogen-bond donors (Lipinski definition) is 1. The van der Waals surface area contributed by atoms with E-state index in [0.29, 0.717) is 5.41 Å². The van der Waals surface area contributed by atoms with Crippen molar-refractivity contribution in [1.82, 2.24) is 10.2 Å². The molecule has 0 fully saturated rings. The van der Waals surface area contributed by atoms with E-state index in [4.69, 9.17) is 0 Å². The molecule has 0 unspecified atom stereocenters. The Morgan fingerprint density at radius 3 is 2.76 bits per heavy atom. The van der Waals surface area contributed by atoms with Crippen LogP contribution in [-0.2, 0) is 6.54 Å². The second kappa shape index (κ2) is 7.14. The third-order valence-electron chi connectivity index (χ3n) is 2.73.